The van der Waals surface area contributed by atoms with E-state index in [1.54, 1.807) is 19.1 Å². The smallest absolute Gasteiger partial charge is 0.173 e. The molecule has 1 unspecified atom stereocenters. The molecule has 2 aromatic rings. The van der Waals surface area contributed by atoms with Crippen LogP contribution in [0.4, 0.5) is 5.69 Å². The number of carbonyl (C=O) groups is 1. The van der Waals surface area contributed by atoms with Crippen molar-refractivity contribution in [1.29, 1.82) is 0 Å². The number of nitrogens with zero attached hydrogens (tertiary/aromatic N) is 1. The van der Waals surface area contributed by atoms with Crippen molar-refractivity contribution in [1.82, 2.24) is 4.90 Å². The number of ketones is 1. The molecule has 0 aliphatic carbocycles. The van der Waals surface area contributed by atoms with E-state index in [0.717, 1.165) is 17.2 Å². The molecule has 2 aromatic carbocycles. The highest BCUT2D eigenvalue weighted by Gasteiger charge is 2.22. The van der Waals surface area contributed by atoms with Crippen LogP contribution >= 0.6 is 12.2 Å². The second-order valence-electron chi connectivity index (χ2n) is 5.94. The highest BCUT2D eigenvalue weighted by Crippen LogP contribution is 2.30. The second-order valence-corrected chi connectivity index (χ2v) is 6.33. The maximum Gasteiger partial charge on any atom is 0.173 e. The van der Waals surface area contributed by atoms with Crippen molar-refractivity contribution in [3.8, 4) is 11.5 Å². The number of nitrogens with one attached hydrogen (secondary N) is 1. The van der Waals surface area contributed by atoms with Crippen LogP contribution in [-0.4, -0.2) is 42.1 Å². The Labute approximate surface area is 152 Å². The summed E-state index contributed by atoms with van der Waals surface area (Å²) in [5.74, 6) is 1.57. The van der Waals surface area contributed by atoms with Gasteiger partial charge in [0.25, 0.3) is 0 Å². The summed E-state index contributed by atoms with van der Waals surface area (Å²) in [7, 11) is 1.91. The summed E-state index contributed by atoms with van der Waals surface area (Å²) in [5.41, 5.74) is 1.52. The van der Waals surface area contributed by atoms with E-state index >= 15 is 0 Å². The summed E-state index contributed by atoms with van der Waals surface area (Å²) in [6.07, 6.45) is -0.0975. The van der Waals surface area contributed by atoms with E-state index in [1.165, 1.54) is 0 Å². The number of Topliss-reactive ketones (excluding diaryl/α,β-unsaturated/α-hetero) is 1. The van der Waals surface area contributed by atoms with Crippen LogP contribution in [0.25, 0.3) is 0 Å². The van der Waals surface area contributed by atoms with Crippen molar-refractivity contribution < 1.29 is 14.3 Å². The lowest BCUT2D eigenvalue weighted by Gasteiger charge is -2.30. The summed E-state index contributed by atoms with van der Waals surface area (Å²) in [4.78, 5) is 13.2. The van der Waals surface area contributed by atoms with E-state index in [9.17, 15) is 4.79 Å². The summed E-state index contributed by atoms with van der Waals surface area (Å²) < 4.78 is 11.7. The minimum atomic E-state index is -0.0975. The molecule has 3 rings (SSSR count). The van der Waals surface area contributed by atoms with Gasteiger partial charge >= 0.3 is 0 Å². The zero-order chi connectivity index (χ0) is 17.8. The average molecular weight is 356 g/mol. The van der Waals surface area contributed by atoms with Gasteiger partial charge in [0.05, 0.1) is 6.54 Å². The lowest BCUT2D eigenvalue weighted by molar-refractivity contribution is 0.0784. The quantitative estimate of drug-likeness (QED) is 0.670. The van der Waals surface area contributed by atoms with E-state index in [2.05, 4.69) is 5.32 Å². The van der Waals surface area contributed by atoms with Crippen LogP contribution in [-0.2, 0) is 0 Å². The monoisotopic (exact) mass is 356 g/mol. The Bertz CT molecular complexity index is 776. The topological polar surface area (TPSA) is 50.8 Å². The fourth-order valence-corrected chi connectivity index (χ4v) is 2.74. The molecule has 0 fully saturated rings. The van der Waals surface area contributed by atoms with Crippen molar-refractivity contribution in [2.45, 2.75) is 13.0 Å². The lowest BCUT2D eigenvalue weighted by Crippen LogP contribution is -2.43. The van der Waals surface area contributed by atoms with Crippen LogP contribution in [0.1, 0.15) is 17.3 Å². The second kappa shape index (κ2) is 7.53. The first-order valence-electron chi connectivity index (χ1n) is 8.04. The third-order valence-electron chi connectivity index (χ3n) is 3.93. The molecular formula is C19H20N2O3S. The van der Waals surface area contributed by atoms with Gasteiger partial charge in [-0.3, -0.25) is 4.79 Å². The van der Waals surface area contributed by atoms with Crippen molar-refractivity contribution in [3.63, 3.8) is 0 Å². The van der Waals surface area contributed by atoms with E-state index in [1.807, 2.05) is 48.3 Å². The van der Waals surface area contributed by atoms with E-state index in [-0.39, 0.29) is 11.9 Å². The lowest BCUT2D eigenvalue weighted by atomic mass is 10.1. The first-order valence-corrected chi connectivity index (χ1v) is 8.45. The molecule has 0 spiro atoms. The van der Waals surface area contributed by atoms with Gasteiger partial charge in [0, 0.05) is 18.3 Å². The maximum atomic E-state index is 11.3. The number of rotatable bonds is 4. The number of carbonyl (C=O) groups excluding carboxylic acids is 1. The van der Waals surface area contributed by atoms with Gasteiger partial charge in [-0.25, -0.2) is 0 Å². The van der Waals surface area contributed by atoms with Gasteiger partial charge in [0.1, 0.15) is 6.61 Å². The Hall–Kier alpha value is -2.60. The highest BCUT2D eigenvalue weighted by molar-refractivity contribution is 7.80. The first-order chi connectivity index (χ1) is 12.0. The molecule has 1 aliphatic rings. The third-order valence-corrected chi connectivity index (χ3v) is 4.35. The number of para-hydroxylation sites is 2. The van der Waals surface area contributed by atoms with Gasteiger partial charge in [-0.1, -0.05) is 12.1 Å². The van der Waals surface area contributed by atoms with Gasteiger partial charge in [-0.05, 0) is 55.5 Å². The zero-order valence-electron chi connectivity index (χ0n) is 14.2. The summed E-state index contributed by atoms with van der Waals surface area (Å²) in [5, 5.41) is 3.75. The Morgan fingerprint density at radius 1 is 1.20 bits per heavy atom. The number of ether oxygens (including phenoxy) is 2. The fraction of sp³-hybridized carbons (Fsp3) is 0.263. The van der Waals surface area contributed by atoms with Crippen molar-refractivity contribution in [2.75, 3.05) is 25.5 Å². The van der Waals surface area contributed by atoms with Gasteiger partial charge < -0.3 is 19.7 Å². The molecule has 1 heterocycles. The molecule has 1 aliphatic heterocycles. The first kappa shape index (κ1) is 17.2. The summed E-state index contributed by atoms with van der Waals surface area (Å²) in [6.45, 7) is 2.63. The number of thiocarbonyl (C=S) groups is 1. The Morgan fingerprint density at radius 3 is 2.56 bits per heavy atom. The molecular weight excluding hydrogens is 336 g/mol. The summed E-state index contributed by atoms with van der Waals surface area (Å²) >= 11 is 5.44. The van der Waals surface area contributed by atoms with Crippen LogP contribution < -0.4 is 14.8 Å². The van der Waals surface area contributed by atoms with E-state index in [4.69, 9.17) is 21.7 Å². The number of benzene rings is 2. The number of fused-ring (bicyclic) bond motifs is 1. The van der Waals surface area contributed by atoms with Crippen LogP contribution in [0.2, 0.25) is 0 Å². The maximum absolute atomic E-state index is 11.3. The molecule has 130 valence electrons. The van der Waals surface area contributed by atoms with Crippen LogP contribution in [0, 0.1) is 0 Å². The minimum Gasteiger partial charge on any atom is -0.486 e. The molecule has 5 nitrogen and oxygen atoms in total. The molecule has 6 heteroatoms. The predicted molar refractivity (Wildman–Crippen MR) is 102 cm³/mol. The summed E-state index contributed by atoms with van der Waals surface area (Å²) in [6, 6.07) is 14.9. The molecule has 0 radical (unpaired) electrons. The van der Waals surface area contributed by atoms with Crippen LogP contribution in [0.5, 0.6) is 11.5 Å². The number of hydrogen-bond acceptors (Lipinski definition) is 4. The zero-order valence-corrected chi connectivity index (χ0v) is 15.0. The third kappa shape index (κ3) is 4.28. The van der Waals surface area contributed by atoms with Gasteiger partial charge in [0.15, 0.2) is 28.5 Å². The van der Waals surface area contributed by atoms with E-state index < -0.39 is 0 Å². The molecule has 0 bridgehead atoms. The Kier molecular flexibility index (Phi) is 5.19. The van der Waals surface area contributed by atoms with Crippen LogP contribution in [0.15, 0.2) is 48.5 Å². The van der Waals surface area contributed by atoms with Crippen molar-refractivity contribution in [3.05, 3.63) is 54.1 Å². The molecule has 0 aromatic heterocycles. The highest BCUT2D eigenvalue weighted by atomic mass is 32.1. The van der Waals surface area contributed by atoms with Crippen molar-refractivity contribution in [2.24, 2.45) is 0 Å². The van der Waals surface area contributed by atoms with Gasteiger partial charge in [-0.2, -0.15) is 0 Å². The number of likely N-dealkylation sites (N-methyl/N-ethyl adjacent to an activating group) is 1. The minimum absolute atomic E-state index is 0.0426. The van der Waals surface area contributed by atoms with Crippen LogP contribution in [0.3, 0.4) is 0 Å². The molecule has 1 atom stereocenters. The molecule has 0 amide bonds. The normalized spacial score (nSPS) is 15.4. The van der Waals surface area contributed by atoms with Gasteiger partial charge in [0.2, 0.25) is 0 Å². The molecule has 1 N–H and O–H groups in total. The number of hydrogen-bond donors (Lipinski definition) is 1. The van der Waals surface area contributed by atoms with Gasteiger partial charge in [-0.15, -0.1) is 0 Å². The fourth-order valence-electron chi connectivity index (χ4n) is 2.55. The standard InChI is InChI=1S/C19H20N2O3S/c1-13(22)14-7-9-15(10-8-14)20-19(25)21(2)11-16-12-23-17-5-3-4-6-18(17)24-16/h3-10,16H,11-12H2,1-2H3,(H,20,25). The van der Waals surface area contributed by atoms with Crippen molar-refractivity contribution >= 4 is 28.8 Å². The molecule has 0 saturated heterocycles. The molecule has 0 saturated carbocycles. The Morgan fingerprint density at radius 2 is 1.88 bits per heavy atom. The van der Waals surface area contributed by atoms with E-state index in [0.29, 0.717) is 23.8 Å². The largest absolute Gasteiger partial charge is 0.486 e. The SMILES string of the molecule is CC(=O)c1ccc(NC(=S)N(C)CC2COc3ccccc3O2)cc1. The number of anilines is 1. The molecule has 25 heavy (non-hydrogen) atoms. The predicted octanol–water partition coefficient (Wildman–Crippen LogP) is 3.36. The Balaban J connectivity index is 1.55. The average Bonchev–Trinajstić information content (AvgIpc) is 2.62.